The van der Waals surface area contributed by atoms with Gasteiger partial charge in [-0.1, -0.05) is 12.1 Å². The highest BCUT2D eigenvalue weighted by Crippen LogP contribution is 2.60. The summed E-state index contributed by atoms with van der Waals surface area (Å²) < 4.78 is 5.29. The molecule has 4 saturated carbocycles. The van der Waals surface area contributed by atoms with E-state index in [2.05, 4.69) is 20.7 Å². The van der Waals surface area contributed by atoms with E-state index in [1.807, 2.05) is 30.3 Å². The van der Waals surface area contributed by atoms with Gasteiger partial charge in [0.25, 0.3) is 5.91 Å². The summed E-state index contributed by atoms with van der Waals surface area (Å²) in [5.74, 6) is 2.99. The molecule has 0 radical (unpaired) electrons. The minimum Gasteiger partial charge on any atom is -0.496 e. The Kier molecular flexibility index (Phi) is 4.22. The molecule has 6 heteroatoms. The van der Waals surface area contributed by atoms with Crippen LogP contribution in [0.25, 0.3) is 0 Å². The number of hydrazone groups is 1. The predicted octanol–water partition coefficient (Wildman–Crippen LogP) is 3.65. The number of nitrogens with zero attached hydrogens (tertiary/aromatic N) is 2. The van der Waals surface area contributed by atoms with Gasteiger partial charge in [0.05, 0.1) is 13.3 Å². The number of carbonyl (C=O) groups is 1. The number of para-hydroxylation sites is 1. The molecule has 0 spiro atoms. The minimum absolute atomic E-state index is 0.209. The zero-order valence-electron chi connectivity index (χ0n) is 16.1. The Morgan fingerprint density at radius 2 is 1.89 bits per heavy atom. The van der Waals surface area contributed by atoms with Gasteiger partial charge in [0.15, 0.2) is 5.69 Å². The fraction of sp³-hybridized carbons (Fsp3) is 0.500. The van der Waals surface area contributed by atoms with E-state index in [4.69, 9.17) is 4.74 Å². The average molecular weight is 378 g/mol. The highest BCUT2D eigenvalue weighted by molar-refractivity contribution is 5.93. The molecule has 4 bridgehead atoms. The number of aromatic amines is 1. The van der Waals surface area contributed by atoms with Gasteiger partial charge in [-0.15, -0.1) is 0 Å². The second kappa shape index (κ2) is 6.76. The summed E-state index contributed by atoms with van der Waals surface area (Å²) in [5, 5.41) is 11.6. The third kappa shape index (κ3) is 3.01. The second-order valence-corrected chi connectivity index (χ2v) is 8.81. The van der Waals surface area contributed by atoms with Crippen molar-refractivity contribution >= 4 is 12.1 Å². The third-order valence-corrected chi connectivity index (χ3v) is 6.93. The predicted molar refractivity (Wildman–Crippen MR) is 106 cm³/mol. The number of H-pyrrole nitrogens is 1. The first-order valence-electron chi connectivity index (χ1n) is 10.2. The monoisotopic (exact) mass is 378 g/mol. The lowest BCUT2D eigenvalue weighted by molar-refractivity contribution is -0.00721. The normalized spacial score (nSPS) is 30.7. The fourth-order valence-electron chi connectivity index (χ4n) is 6.14. The van der Waals surface area contributed by atoms with Crippen LogP contribution >= 0.6 is 0 Å². The molecule has 4 aliphatic carbocycles. The first kappa shape index (κ1) is 17.5. The van der Waals surface area contributed by atoms with Crippen LogP contribution in [0.1, 0.15) is 60.3 Å². The van der Waals surface area contributed by atoms with Crippen molar-refractivity contribution < 1.29 is 9.53 Å². The van der Waals surface area contributed by atoms with Gasteiger partial charge in [-0.05, 0) is 74.5 Å². The quantitative estimate of drug-likeness (QED) is 0.616. The lowest BCUT2D eigenvalue weighted by Gasteiger charge is -2.56. The number of ether oxygens (including phenoxy) is 1. The van der Waals surface area contributed by atoms with Gasteiger partial charge in [-0.2, -0.15) is 10.2 Å². The molecule has 0 unspecified atom stereocenters. The lowest BCUT2D eigenvalue weighted by Crippen LogP contribution is -2.48. The lowest BCUT2D eigenvalue weighted by atomic mass is 9.49. The SMILES string of the molecule is COc1ccccc1C=NNC(=O)c1cc(C23CC4CC(CC(C4)C2)C3)[nH]n1. The van der Waals surface area contributed by atoms with E-state index in [1.54, 1.807) is 13.3 Å². The Bertz CT molecular complexity index is 881. The maximum atomic E-state index is 12.5. The van der Waals surface area contributed by atoms with Crippen molar-refractivity contribution in [3.63, 3.8) is 0 Å². The zero-order valence-corrected chi connectivity index (χ0v) is 16.1. The van der Waals surface area contributed by atoms with Crippen LogP contribution < -0.4 is 10.2 Å². The van der Waals surface area contributed by atoms with Crippen molar-refractivity contribution in [3.05, 3.63) is 47.3 Å². The van der Waals surface area contributed by atoms with E-state index in [9.17, 15) is 4.79 Å². The summed E-state index contributed by atoms with van der Waals surface area (Å²) >= 11 is 0. The van der Waals surface area contributed by atoms with E-state index >= 15 is 0 Å². The number of hydrogen-bond acceptors (Lipinski definition) is 4. The summed E-state index contributed by atoms with van der Waals surface area (Å²) in [7, 11) is 1.61. The molecule has 0 atom stereocenters. The van der Waals surface area contributed by atoms with Crippen molar-refractivity contribution in [2.45, 2.75) is 43.9 Å². The largest absolute Gasteiger partial charge is 0.496 e. The highest BCUT2D eigenvalue weighted by atomic mass is 16.5. The number of aromatic nitrogens is 2. The van der Waals surface area contributed by atoms with Crippen LogP contribution in [0.4, 0.5) is 0 Å². The van der Waals surface area contributed by atoms with Crippen molar-refractivity contribution in [3.8, 4) is 5.75 Å². The molecule has 4 fully saturated rings. The van der Waals surface area contributed by atoms with Crippen LogP contribution in [0.2, 0.25) is 0 Å². The molecular weight excluding hydrogens is 352 g/mol. The van der Waals surface area contributed by atoms with E-state index in [0.717, 1.165) is 29.0 Å². The molecule has 1 amide bonds. The molecule has 2 N–H and O–H groups in total. The molecule has 6 rings (SSSR count). The van der Waals surface area contributed by atoms with Crippen LogP contribution in [-0.2, 0) is 5.41 Å². The van der Waals surface area contributed by atoms with Crippen molar-refractivity contribution in [2.24, 2.45) is 22.9 Å². The van der Waals surface area contributed by atoms with Crippen LogP contribution in [0.15, 0.2) is 35.4 Å². The molecule has 1 heterocycles. The van der Waals surface area contributed by atoms with Gasteiger partial charge in [-0.25, -0.2) is 5.43 Å². The van der Waals surface area contributed by atoms with Crippen LogP contribution in [-0.4, -0.2) is 29.4 Å². The van der Waals surface area contributed by atoms with E-state index in [0.29, 0.717) is 11.4 Å². The van der Waals surface area contributed by atoms with Crippen molar-refractivity contribution in [1.29, 1.82) is 0 Å². The molecule has 1 aromatic carbocycles. The number of hydrogen-bond donors (Lipinski definition) is 2. The third-order valence-electron chi connectivity index (χ3n) is 6.93. The number of nitrogens with one attached hydrogen (secondary N) is 2. The highest BCUT2D eigenvalue weighted by Gasteiger charge is 2.52. The van der Waals surface area contributed by atoms with Gasteiger partial charge in [-0.3, -0.25) is 9.89 Å². The van der Waals surface area contributed by atoms with Gasteiger partial charge < -0.3 is 4.74 Å². The number of carbonyl (C=O) groups excluding carboxylic acids is 1. The molecule has 4 aliphatic rings. The second-order valence-electron chi connectivity index (χ2n) is 8.81. The Morgan fingerprint density at radius 3 is 2.57 bits per heavy atom. The molecule has 146 valence electrons. The summed E-state index contributed by atoms with van der Waals surface area (Å²) in [5.41, 5.74) is 5.14. The molecule has 1 aromatic heterocycles. The van der Waals surface area contributed by atoms with Crippen LogP contribution in [0, 0.1) is 17.8 Å². The summed E-state index contributed by atoms with van der Waals surface area (Å²) in [6.07, 6.45) is 9.52. The fourth-order valence-corrected chi connectivity index (χ4v) is 6.14. The van der Waals surface area contributed by atoms with E-state index in [-0.39, 0.29) is 11.3 Å². The van der Waals surface area contributed by atoms with Crippen LogP contribution in [0.5, 0.6) is 5.75 Å². The summed E-state index contributed by atoms with van der Waals surface area (Å²) in [4.78, 5) is 12.5. The Hall–Kier alpha value is -2.63. The maximum absolute atomic E-state index is 12.5. The van der Waals surface area contributed by atoms with Gasteiger partial charge >= 0.3 is 0 Å². The molecule has 0 saturated heterocycles. The number of methoxy groups -OCH3 is 1. The smallest absolute Gasteiger partial charge is 0.291 e. The van der Waals surface area contributed by atoms with Crippen molar-refractivity contribution in [1.82, 2.24) is 15.6 Å². The first-order valence-corrected chi connectivity index (χ1v) is 10.2. The van der Waals surface area contributed by atoms with Gasteiger partial charge in [0, 0.05) is 16.7 Å². The van der Waals surface area contributed by atoms with E-state index in [1.165, 1.54) is 38.5 Å². The standard InChI is InChI=1S/C22H26N4O2/c1-28-19-5-3-2-4-17(19)13-23-26-21(27)18-9-20(25-24-18)22-10-14-6-15(11-22)8-16(7-14)12-22/h2-5,9,13-16H,6-8,10-12H2,1H3,(H,24,25)(H,26,27). The summed E-state index contributed by atoms with van der Waals surface area (Å²) in [6.45, 7) is 0. The molecule has 6 nitrogen and oxygen atoms in total. The van der Waals surface area contributed by atoms with E-state index < -0.39 is 0 Å². The Balaban J connectivity index is 1.29. The molecule has 28 heavy (non-hydrogen) atoms. The Morgan fingerprint density at radius 1 is 1.21 bits per heavy atom. The maximum Gasteiger partial charge on any atom is 0.291 e. The number of amides is 1. The molecule has 0 aliphatic heterocycles. The van der Waals surface area contributed by atoms with Gasteiger partial charge in [0.2, 0.25) is 0 Å². The van der Waals surface area contributed by atoms with Crippen molar-refractivity contribution in [2.75, 3.05) is 7.11 Å². The first-order chi connectivity index (χ1) is 13.6. The van der Waals surface area contributed by atoms with Gasteiger partial charge in [0.1, 0.15) is 5.75 Å². The number of rotatable bonds is 5. The summed E-state index contributed by atoms with van der Waals surface area (Å²) in [6, 6.07) is 9.48. The molecule has 2 aromatic rings. The van der Waals surface area contributed by atoms with Crippen LogP contribution in [0.3, 0.4) is 0 Å². The average Bonchev–Trinajstić information content (AvgIpc) is 3.18. The number of benzene rings is 1. The molecular formula is C22H26N4O2. The minimum atomic E-state index is -0.293. The Labute approximate surface area is 164 Å². The zero-order chi connectivity index (χ0) is 19.1. The topological polar surface area (TPSA) is 79.4 Å².